The van der Waals surface area contributed by atoms with Gasteiger partial charge >= 0.3 is 0 Å². The van der Waals surface area contributed by atoms with E-state index in [9.17, 15) is 0 Å². The van der Waals surface area contributed by atoms with Gasteiger partial charge in [0.2, 0.25) is 0 Å². The van der Waals surface area contributed by atoms with Crippen LogP contribution >= 0.6 is 0 Å². The minimum absolute atomic E-state index is 0.818. The molecule has 0 spiro atoms. The fraction of sp³-hybridized carbons (Fsp3) is 1.00. The first kappa shape index (κ1) is 17.2. The van der Waals surface area contributed by atoms with Gasteiger partial charge in [-0.25, -0.2) is 0 Å². The maximum absolute atomic E-state index is 6.44. The van der Waals surface area contributed by atoms with Crippen molar-refractivity contribution >= 4 is 8.32 Å². The van der Waals surface area contributed by atoms with E-state index in [0.29, 0.717) is 0 Å². The van der Waals surface area contributed by atoms with Crippen LogP contribution in [0.15, 0.2) is 0 Å². The average molecular weight is 259 g/mol. The van der Waals surface area contributed by atoms with Crippen LogP contribution < -0.4 is 0 Å². The highest BCUT2D eigenvalue weighted by Crippen LogP contribution is 2.27. The van der Waals surface area contributed by atoms with Crippen molar-refractivity contribution in [2.45, 2.75) is 84.9 Å². The second-order valence-corrected chi connectivity index (χ2v) is 9.97. The van der Waals surface area contributed by atoms with E-state index in [1.165, 1.54) is 50.2 Å². The van der Waals surface area contributed by atoms with Crippen LogP contribution in [0.3, 0.4) is 0 Å². The highest BCUT2D eigenvalue weighted by Gasteiger charge is 2.31. The molecule has 0 amide bonds. The molecule has 0 aliphatic carbocycles. The molecule has 0 aliphatic rings. The van der Waals surface area contributed by atoms with Gasteiger partial charge < -0.3 is 4.43 Å². The van der Waals surface area contributed by atoms with Crippen LogP contribution in [0.25, 0.3) is 0 Å². The zero-order chi connectivity index (χ0) is 13.1. The highest BCUT2D eigenvalue weighted by atomic mass is 28.4. The van der Waals surface area contributed by atoms with Crippen LogP contribution in [0, 0.1) is 5.92 Å². The Hall–Kier alpha value is 0.177. The van der Waals surface area contributed by atoms with Gasteiger partial charge in [-0.1, -0.05) is 53.9 Å². The molecule has 104 valence electrons. The third-order valence-corrected chi connectivity index (χ3v) is 8.50. The van der Waals surface area contributed by atoms with Crippen LogP contribution in [-0.2, 0) is 4.43 Å². The van der Waals surface area contributed by atoms with E-state index in [-0.39, 0.29) is 0 Å². The van der Waals surface area contributed by atoms with Crippen molar-refractivity contribution in [1.29, 1.82) is 0 Å². The van der Waals surface area contributed by atoms with E-state index in [1.807, 2.05) is 0 Å². The van der Waals surface area contributed by atoms with Crippen LogP contribution in [-0.4, -0.2) is 14.9 Å². The van der Waals surface area contributed by atoms with E-state index in [0.717, 1.165) is 12.5 Å². The van der Waals surface area contributed by atoms with Gasteiger partial charge in [0.25, 0.3) is 0 Å². The van der Waals surface area contributed by atoms with Gasteiger partial charge in [0.05, 0.1) is 0 Å². The highest BCUT2D eigenvalue weighted by molar-refractivity contribution is 6.73. The molecule has 0 saturated carbocycles. The molecule has 0 bridgehead atoms. The van der Waals surface area contributed by atoms with Crippen LogP contribution in [0.1, 0.15) is 66.7 Å². The second-order valence-electron chi connectivity index (χ2n) is 5.82. The predicted octanol–water partition coefficient (Wildman–Crippen LogP) is 5.61. The second kappa shape index (κ2) is 10.1. The molecule has 0 fully saturated rings. The Balaban J connectivity index is 4.14. The minimum atomic E-state index is -1.37. The van der Waals surface area contributed by atoms with Gasteiger partial charge in [0.1, 0.15) is 0 Å². The van der Waals surface area contributed by atoms with Crippen LogP contribution in [0.4, 0.5) is 0 Å². The first-order chi connectivity index (χ1) is 8.10. The summed E-state index contributed by atoms with van der Waals surface area (Å²) in [6.07, 6.45) is 6.47. The van der Waals surface area contributed by atoms with E-state index < -0.39 is 8.32 Å². The molecule has 0 unspecified atom stereocenters. The van der Waals surface area contributed by atoms with Gasteiger partial charge in [0, 0.05) is 6.61 Å². The quantitative estimate of drug-likeness (QED) is 0.345. The fourth-order valence-electron chi connectivity index (χ4n) is 2.74. The van der Waals surface area contributed by atoms with Crippen LogP contribution in [0.2, 0.25) is 18.1 Å². The molecule has 0 aromatic carbocycles. The zero-order valence-electron chi connectivity index (χ0n) is 12.8. The van der Waals surface area contributed by atoms with Crippen molar-refractivity contribution in [3.05, 3.63) is 0 Å². The van der Waals surface area contributed by atoms with E-state index in [1.54, 1.807) is 0 Å². The largest absolute Gasteiger partial charge is 0.417 e. The maximum Gasteiger partial charge on any atom is 0.192 e. The molecule has 0 atom stereocenters. The van der Waals surface area contributed by atoms with E-state index in [2.05, 4.69) is 34.6 Å². The number of hydrogen-bond donors (Lipinski definition) is 0. The lowest BCUT2D eigenvalue weighted by Gasteiger charge is -2.31. The molecular weight excluding hydrogens is 224 g/mol. The Morgan fingerprint density at radius 3 is 1.71 bits per heavy atom. The predicted molar refractivity (Wildman–Crippen MR) is 81.1 cm³/mol. The van der Waals surface area contributed by atoms with Crippen molar-refractivity contribution in [1.82, 2.24) is 0 Å². The van der Waals surface area contributed by atoms with Gasteiger partial charge in [-0.05, 0) is 36.9 Å². The standard InChI is InChI=1S/C15H34OSi/c1-6-12-17(13-7-2,14-8-3)16-11-9-10-15(4)5/h15H,6-14H2,1-5H3. The van der Waals surface area contributed by atoms with E-state index in [4.69, 9.17) is 4.43 Å². The lowest BCUT2D eigenvalue weighted by atomic mass is 10.1. The molecule has 0 aromatic heterocycles. The first-order valence-corrected chi connectivity index (χ1v) is 10.3. The number of rotatable bonds is 11. The van der Waals surface area contributed by atoms with E-state index >= 15 is 0 Å². The van der Waals surface area contributed by atoms with Crippen molar-refractivity contribution in [2.24, 2.45) is 5.92 Å². The van der Waals surface area contributed by atoms with Crippen molar-refractivity contribution in [3.63, 3.8) is 0 Å². The zero-order valence-corrected chi connectivity index (χ0v) is 13.8. The third-order valence-electron chi connectivity index (χ3n) is 3.45. The molecule has 2 heteroatoms. The third kappa shape index (κ3) is 7.99. The molecule has 0 aromatic rings. The Morgan fingerprint density at radius 1 is 0.882 bits per heavy atom. The summed E-state index contributed by atoms with van der Waals surface area (Å²) >= 11 is 0. The molecule has 0 aliphatic heterocycles. The summed E-state index contributed by atoms with van der Waals surface area (Å²) in [4.78, 5) is 0. The smallest absolute Gasteiger partial charge is 0.192 e. The first-order valence-electron chi connectivity index (χ1n) is 7.74. The molecular formula is C15H34OSi. The van der Waals surface area contributed by atoms with Gasteiger partial charge in [-0.15, -0.1) is 0 Å². The SMILES string of the molecule is CCC[Si](CCC)(CCC)OCCCC(C)C. The average Bonchev–Trinajstić information content (AvgIpc) is 2.25. The van der Waals surface area contributed by atoms with Gasteiger partial charge in [0.15, 0.2) is 8.32 Å². The molecule has 0 radical (unpaired) electrons. The Kier molecular flexibility index (Phi) is 10.2. The van der Waals surface area contributed by atoms with Gasteiger partial charge in [-0.3, -0.25) is 0 Å². The lowest BCUT2D eigenvalue weighted by molar-refractivity contribution is 0.278. The van der Waals surface area contributed by atoms with Crippen molar-refractivity contribution < 1.29 is 4.43 Å². The molecule has 17 heavy (non-hydrogen) atoms. The monoisotopic (exact) mass is 258 g/mol. The Morgan fingerprint density at radius 2 is 1.35 bits per heavy atom. The molecule has 1 nitrogen and oxygen atoms in total. The summed E-state index contributed by atoms with van der Waals surface area (Å²) in [5.41, 5.74) is 0. The summed E-state index contributed by atoms with van der Waals surface area (Å²) in [6, 6.07) is 4.11. The summed E-state index contributed by atoms with van der Waals surface area (Å²) in [6.45, 7) is 12.5. The molecule has 0 rings (SSSR count). The molecule has 0 heterocycles. The minimum Gasteiger partial charge on any atom is -0.417 e. The fourth-order valence-corrected chi connectivity index (χ4v) is 7.23. The summed E-state index contributed by atoms with van der Waals surface area (Å²) in [7, 11) is -1.37. The van der Waals surface area contributed by atoms with Gasteiger partial charge in [-0.2, -0.15) is 0 Å². The lowest BCUT2D eigenvalue weighted by Crippen LogP contribution is -2.38. The Labute approximate surface area is 110 Å². The van der Waals surface area contributed by atoms with Crippen molar-refractivity contribution in [3.8, 4) is 0 Å². The van der Waals surface area contributed by atoms with Crippen LogP contribution in [0.5, 0.6) is 0 Å². The Bertz CT molecular complexity index is 151. The topological polar surface area (TPSA) is 9.23 Å². The maximum atomic E-state index is 6.44. The summed E-state index contributed by atoms with van der Waals surface area (Å²) < 4.78 is 6.44. The number of hydrogen-bond acceptors (Lipinski definition) is 1. The normalized spacial score (nSPS) is 12.4. The summed E-state index contributed by atoms with van der Waals surface area (Å²) in [5, 5.41) is 0. The summed E-state index contributed by atoms with van der Waals surface area (Å²) in [5.74, 6) is 0.818. The molecule has 0 saturated heterocycles. The molecule has 0 N–H and O–H groups in total. The van der Waals surface area contributed by atoms with Crippen molar-refractivity contribution in [2.75, 3.05) is 6.61 Å².